The van der Waals surface area contributed by atoms with Crippen molar-refractivity contribution in [2.45, 2.75) is 46.3 Å². The molecule has 1 amide bonds. The molecule has 0 bridgehead atoms. The summed E-state index contributed by atoms with van der Waals surface area (Å²) in [5.74, 6) is 0.998. The van der Waals surface area contributed by atoms with Crippen LogP contribution >= 0.6 is 11.6 Å². The van der Waals surface area contributed by atoms with Gasteiger partial charge in [0.05, 0.1) is 0 Å². The standard InChI is InChI=1S/C29H33ClN4O4/c1-6-33(28(36)38-29(2,3)4)15-13-23-17-21-9-12-25(31-27(21)32(23)5)34-16-14-24(18-26(34)35)37-19-20-7-10-22(30)11-8-20/h7-12,14,16-18H,6,13,15,19H2,1-5H3. The lowest BCUT2D eigenvalue weighted by atomic mass is 10.2. The molecule has 0 N–H and O–H groups in total. The number of aryl methyl sites for hydroxylation is 1. The van der Waals surface area contributed by atoms with Crippen LogP contribution in [0, 0.1) is 0 Å². The van der Waals surface area contributed by atoms with E-state index in [1.807, 2.05) is 63.6 Å². The third-order valence-corrected chi connectivity index (χ3v) is 6.34. The van der Waals surface area contributed by atoms with E-state index in [1.165, 1.54) is 10.6 Å². The Labute approximate surface area is 227 Å². The zero-order valence-electron chi connectivity index (χ0n) is 22.4. The summed E-state index contributed by atoms with van der Waals surface area (Å²) in [4.78, 5) is 31.8. The Morgan fingerprint density at radius 3 is 2.47 bits per heavy atom. The molecule has 0 aliphatic rings. The average molecular weight is 537 g/mol. The van der Waals surface area contributed by atoms with Gasteiger partial charge in [0.2, 0.25) is 0 Å². The summed E-state index contributed by atoms with van der Waals surface area (Å²) < 4.78 is 14.8. The van der Waals surface area contributed by atoms with Gasteiger partial charge in [0, 0.05) is 54.9 Å². The molecule has 200 valence electrons. The molecule has 3 aromatic heterocycles. The highest BCUT2D eigenvalue weighted by atomic mass is 35.5. The molecule has 38 heavy (non-hydrogen) atoms. The average Bonchev–Trinajstić information content (AvgIpc) is 3.18. The van der Waals surface area contributed by atoms with Crippen molar-refractivity contribution in [2.24, 2.45) is 7.05 Å². The first-order valence-corrected chi connectivity index (χ1v) is 13.0. The number of carbonyl (C=O) groups excluding carboxylic acids is 1. The van der Waals surface area contributed by atoms with Crippen LogP contribution in [-0.4, -0.2) is 43.8 Å². The van der Waals surface area contributed by atoms with Gasteiger partial charge in [-0.15, -0.1) is 0 Å². The number of rotatable bonds is 8. The number of amides is 1. The number of likely N-dealkylation sites (N-methyl/N-ethyl adjacent to an activating group) is 1. The molecule has 8 nitrogen and oxygen atoms in total. The van der Waals surface area contributed by atoms with E-state index in [2.05, 4.69) is 6.07 Å². The van der Waals surface area contributed by atoms with Crippen LogP contribution in [0.2, 0.25) is 5.02 Å². The predicted octanol–water partition coefficient (Wildman–Crippen LogP) is 5.76. The Balaban J connectivity index is 1.48. The van der Waals surface area contributed by atoms with Crippen molar-refractivity contribution < 1.29 is 14.3 Å². The molecule has 0 spiro atoms. The van der Waals surface area contributed by atoms with Gasteiger partial charge in [0.25, 0.3) is 5.56 Å². The van der Waals surface area contributed by atoms with Crippen LogP contribution < -0.4 is 10.3 Å². The number of benzene rings is 1. The summed E-state index contributed by atoms with van der Waals surface area (Å²) in [7, 11) is 1.94. The van der Waals surface area contributed by atoms with E-state index in [-0.39, 0.29) is 11.7 Å². The Bertz CT molecular complexity index is 1490. The highest BCUT2D eigenvalue weighted by Crippen LogP contribution is 2.20. The Kier molecular flexibility index (Phi) is 8.11. The van der Waals surface area contributed by atoms with Crippen molar-refractivity contribution in [3.63, 3.8) is 0 Å². The monoisotopic (exact) mass is 536 g/mol. The molecule has 0 fully saturated rings. The molecular formula is C29H33ClN4O4. The second kappa shape index (κ2) is 11.3. The lowest BCUT2D eigenvalue weighted by Crippen LogP contribution is -2.38. The SMILES string of the molecule is CCN(CCc1cc2ccc(-n3ccc(OCc4ccc(Cl)cc4)cc3=O)nc2n1C)C(=O)OC(C)(C)C. The molecule has 9 heteroatoms. The van der Waals surface area contributed by atoms with Crippen molar-refractivity contribution in [2.75, 3.05) is 13.1 Å². The van der Waals surface area contributed by atoms with E-state index in [0.29, 0.717) is 42.7 Å². The van der Waals surface area contributed by atoms with E-state index >= 15 is 0 Å². The smallest absolute Gasteiger partial charge is 0.410 e. The summed E-state index contributed by atoms with van der Waals surface area (Å²) in [6.45, 7) is 8.94. The molecule has 0 atom stereocenters. The van der Waals surface area contributed by atoms with Gasteiger partial charge < -0.3 is 18.9 Å². The van der Waals surface area contributed by atoms with Gasteiger partial charge in [0.15, 0.2) is 0 Å². The summed E-state index contributed by atoms with van der Waals surface area (Å²) in [6.07, 6.45) is 1.99. The number of pyridine rings is 2. The van der Waals surface area contributed by atoms with E-state index in [1.54, 1.807) is 29.3 Å². The second-order valence-electron chi connectivity index (χ2n) is 10.1. The first-order chi connectivity index (χ1) is 18.0. The fourth-order valence-electron chi connectivity index (χ4n) is 4.06. The first-order valence-electron chi connectivity index (χ1n) is 12.6. The molecular weight excluding hydrogens is 504 g/mol. The molecule has 1 aromatic carbocycles. The summed E-state index contributed by atoms with van der Waals surface area (Å²) in [5.41, 5.74) is 1.97. The zero-order chi connectivity index (χ0) is 27.4. The first kappa shape index (κ1) is 27.3. The number of carbonyl (C=O) groups is 1. The van der Waals surface area contributed by atoms with E-state index < -0.39 is 5.60 Å². The molecule has 4 rings (SSSR count). The lowest BCUT2D eigenvalue weighted by Gasteiger charge is -2.26. The second-order valence-corrected chi connectivity index (χ2v) is 10.5. The van der Waals surface area contributed by atoms with Crippen molar-refractivity contribution in [3.8, 4) is 11.6 Å². The Morgan fingerprint density at radius 2 is 1.82 bits per heavy atom. The van der Waals surface area contributed by atoms with Crippen LogP contribution in [0.4, 0.5) is 4.79 Å². The van der Waals surface area contributed by atoms with Gasteiger partial charge in [-0.1, -0.05) is 23.7 Å². The third kappa shape index (κ3) is 6.55. The summed E-state index contributed by atoms with van der Waals surface area (Å²) in [6, 6.07) is 16.4. The number of ether oxygens (including phenoxy) is 2. The van der Waals surface area contributed by atoms with Crippen LogP contribution in [0.25, 0.3) is 16.9 Å². The Morgan fingerprint density at radius 1 is 1.08 bits per heavy atom. The minimum atomic E-state index is -0.538. The minimum absolute atomic E-state index is 0.240. The fourth-order valence-corrected chi connectivity index (χ4v) is 4.18. The van der Waals surface area contributed by atoms with Gasteiger partial charge in [-0.3, -0.25) is 9.36 Å². The van der Waals surface area contributed by atoms with Gasteiger partial charge in [0.1, 0.15) is 29.4 Å². The third-order valence-electron chi connectivity index (χ3n) is 6.09. The number of fused-ring (bicyclic) bond motifs is 1. The molecule has 0 radical (unpaired) electrons. The Hall–Kier alpha value is -3.78. The van der Waals surface area contributed by atoms with Crippen molar-refractivity contribution >= 4 is 28.7 Å². The molecule has 0 saturated carbocycles. The maximum Gasteiger partial charge on any atom is 0.410 e. The number of hydrogen-bond donors (Lipinski definition) is 0. The van der Waals surface area contributed by atoms with E-state index in [4.69, 9.17) is 26.1 Å². The fraction of sp³-hybridized carbons (Fsp3) is 0.345. The number of hydrogen-bond acceptors (Lipinski definition) is 5. The van der Waals surface area contributed by atoms with Crippen LogP contribution in [0.3, 0.4) is 0 Å². The molecule has 4 aromatic rings. The number of nitrogens with zero attached hydrogens (tertiary/aromatic N) is 4. The van der Waals surface area contributed by atoms with Crippen LogP contribution in [0.15, 0.2) is 65.6 Å². The van der Waals surface area contributed by atoms with Crippen molar-refractivity contribution in [1.82, 2.24) is 19.0 Å². The van der Waals surface area contributed by atoms with Gasteiger partial charge in [-0.05, 0) is 69.7 Å². The molecule has 0 aliphatic carbocycles. The quantitative estimate of drug-likeness (QED) is 0.286. The number of aromatic nitrogens is 3. The van der Waals surface area contributed by atoms with E-state index in [0.717, 1.165) is 22.3 Å². The maximum absolute atomic E-state index is 12.9. The maximum atomic E-state index is 12.9. The van der Waals surface area contributed by atoms with Gasteiger partial charge in [-0.2, -0.15) is 0 Å². The van der Waals surface area contributed by atoms with Crippen LogP contribution in [0.5, 0.6) is 5.75 Å². The molecule has 0 aliphatic heterocycles. The number of halogens is 1. The lowest BCUT2D eigenvalue weighted by molar-refractivity contribution is 0.0261. The molecule has 0 unspecified atom stereocenters. The van der Waals surface area contributed by atoms with Crippen LogP contribution in [0.1, 0.15) is 39.0 Å². The summed E-state index contributed by atoms with van der Waals surface area (Å²) >= 11 is 5.93. The van der Waals surface area contributed by atoms with E-state index in [9.17, 15) is 9.59 Å². The predicted molar refractivity (Wildman–Crippen MR) is 149 cm³/mol. The topological polar surface area (TPSA) is 78.6 Å². The largest absolute Gasteiger partial charge is 0.489 e. The normalized spacial score (nSPS) is 11.5. The molecule has 0 saturated heterocycles. The minimum Gasteiger partial charge on any atom is -0.489 e. The highest BCUT2D eigenvalue weighted by Gasteiger charge is 2.21. The van der Waals surface area contributed by atoms with Gasteiger partial charge >= 0.3 is 6.09 Å². The van der Waals surface area contributed by atoms with Gasteiger partial charge in [-0.25, -0.2) is 9.78 Å². The van der Waals surface area contributed by atoms with Crippen molar-refractivity contribution in [3.05, 3.63) is 87.4 Å². The summed E-state index contributed by atoms with van der Waals surface area (Å²) in [5, 5.41) is 1.62. The van der Waals surface area contributed by atoms with Crippen molar-refractivity contribution in [1.29, 1.82) is 0 Å². The molecule has 3 heterocycles. The zero-order valence-corrected chi connectivity index (χ0v) is 23.2. The highest BCUT2D eigenvalue weighted by molar-refractivity contribution is 6.30. The van der Waals surface area contributed by atoms with Crippen LogP contribution in [-0.2, 0) is 24.8 Å².